The minimum Gasteiger partial charge on any atom is -0.484 e. The van der Waals surface area contributed by atoms with Crippen LogP contribution >= 0.6 is 11.3 Å². The van der Waals surface area contributed by atoms with Gasteiger partial charge in [0.1, 0.15) is 11.6 Å². The third kappa shape index (κ3) is 3.61. The summed E-state index contributed by atoms with van der Waals surface area (Å²) in [5.74, 6) is -0.498. The Morgan fingerprint density at radius 1 is 1.25 bits per heavy atom. The number of hydrogen-bond acceptors (Lipinski definition) is 4. The van der Waals surface area contributed by atoms with Crippen molar-refractivity contribution in [2.24, 2.45) is 5.73 Å². The molecule has 3 aromatic rings. The molecular weight excluding hydrogens is 379 g/mol. The molecule has 0 aliphatic carbocycles. The number of fused-ring (bicyclic) bond motifs is 1. The molecule has 4 rings (SSSR count). The number of halogens is 1. The van der Waals surface area contributed by atoms with Gasteiger partial charge < -0.3 is 15.8 Å². The van der Waals surface area contributed by atoms with Crippen molar-refractivity contribution in [3.8, 4) is 16.9 Å². The second kappa shape index (κ2) is 7.44. The highest BCUT2D eigenvalue weighted by Crippen LogP contribution is 2.46. The SMILES string of the molecule is NC(=O)COc1ccc(C2CC(=O)Nc3c(-c4cccc(F)c4)csc32)cc1. The summed E-state index contributed by atoms with van der Waals surface area (Å²) in [4.78, 5) is 24.2. The largest absolute Gasteiger partial charge is 0.484 e. The molecule has 142 valence electrons. The maximum Gasteiger partial charge on any atom is 0.255 e. The van der Waals surface area contributed by atoms with Gasteiger partial charge in [-0.2, -0.15) is 0 Å². The van der Waals surface area contributed by atoms with E-state index >= 15 is 0 Å². The van der Waals surface area contributed by atoms with Crippen molar-refractivity contribution < 1.29 is 18.7 Å². The van der Waals surface area contributed by atoms with E-state index in [1.54, 1.807) is 29.5 Å². The summed E-state index contributed by atoms with van der Waals surface area (Å²) in [5.41, 5.74) is 8.34. The van der Waals surface area contributed by atoms with Gasteiger partial charge in [0.2, 0.25) is 5.91 Å². The lowest BCUT2D eigenvalue weighted by molar-refractivity contribution is -0.120. The van der Waals surface area contributed by atoms with Gasteiger partial charge in [-0.1, -0.05) is 24.3 Å². The first-order chi connectivity index (χ1) is 13.5. The van der Waals surface area contributed by atoms with E-state index < -0.39 is 5.91 Å². The van der Waals surface area contributed by atoms with Crippen LogP contribution in [0.4, 0.5) is 10.1 Å². The van der Waals surface area contributed by atoms with Crippen LogP contribution in [0.2, 0.25) is 0 Å². The van der Waals surface area contributed by atoms with E-state index in [-0.39, 0.29) is 24.2 Å². The zero-order valence-electron chi connectivity index (χ0n) is 14.8. The number of primary amides is 1. The molecule has 0 saturated heterocycles. The highest BCUT2D eigenvalue weighted by Gasteiger charge is 2.30. The smallest absolute Gasteiger partial charge is 0.255 e. The van der Waals surface area contributed by atoms with Crippen molar-refractivity contribution in [1.29, 1.82) is 0 Å². The summed E-state index contributed by atoms with van der Waals surface area (Å²) in [7, 11) is 0. The molecule has 0 spiro atoms. The van der Waals surface area contributed by atoms with E-state index in [2.05, 4.69) is 5.32 Å². The summed E-state index contributed by atoms with van der Waals surface area (Å²) in [6.07, 6.45) is 0.331. The molecule has 0 bridgehead atoms. The van der Waals surface area contributed by atoms with Gasteiger partial charge in [-0.15, -0.1) is 11.3 Å². The normalized spacial score (nSPS) is 15.6. The number of nitrogens with one attached hydrogen (secondary N) is 1. The van der Waals surface area contributed by atoms with Crippen LogP contribution in [0.15, 0.2) is 53.9 Å². The second-order valence-electron chi connectivity index (χ2n) is 6.53. The Hall–Kier alpha value is -3.19. The van der Waals surface area contributed by atoms with Gasteiger partial charge in [0.15, 0.2) is 6.61 Å². The molecule has 3 N–H and O–H groups in total. The molecular formula is C21H17FN2O3S. The monoisotopic (exact) mass is 396 g/mol. The number of amides is 2. The average molecular weight is 396 g/mol. The third-order valence-corrected chi connectivity index (χ3v) is 5.69. The molecule has 2 aromatic carbocycles. The molecule has 1 aliphatic rings. The van der Waals surface area contributed by atoms with E-state index in [9.17, 15) is 14.0 Å². The number of nitrogens with two attached hydrogens (primary N) is 1. The van der Waals surface area contributed by atoms with E-state index in [4.69, 9.17) is 10.5 Å². The first-order valence-electron chi connectivity index (χ1n) is 8.69. The molecule has 7 heteroatoms. The molecule has 2 heterocycles. The summed E-state index contributed by atoms with van der Waals surface area (Å²) >= 11 is 1.55. The molecule has 0 fully saturated rings. The first-order valence-corrected chi connectivity index (χ1v) is 9.57. The Kier molecular flexibility index (Phi) is 4.83. The van der Waals surface area contributed by atoms with Gasteiger partial charge in [0, 0.05) is 28.2 Å². The Labute approximate surface area is 164 Å². The van der Waals surface area contributed by atoms with Gasteiger partial charge >= 0.3 is 0 Å². The van der Waals surface area contributed by atoms with Crippen molar-refractivity contribution in [1.82, 2.24) is 0 Å². The van der Waals surface area contributed by atoms with Crippen molar-refractivity contribution in [2.45, 2.75) is 12.3 Å². The van der Waals surface area contributed by atoms with Crippen LogP contribution < -0.4 is 15.8 Å². The Bertz CT molecular complexity index is 1050. The predicted octanol–water partition coefficient (Wildman–Crippen LogP) is 3.89. The van der Waals surface area contributed by atoms with E-state index in [0.717, 1.165) is 27.3 Å². The van der Waals surface area contributed by atoms with Crippen molar-refractivity contribution in [3.63, 3.8) is 0 Å². The van der Waals surface area contributed by atoms with Gasteiger partial charge in [0.05, 0.1) is 5.69 Å². The first kappa shape index (κ1) is 18.2. The lowest BCUT2D eigenvalue weighted by Crippen LogP contribution is -2.22. The molecule has 5 nitrogen and oxygen atoms in total. The highest BCUT2D eigenvalue weighted by atomic mass is 32.1. The fourth-order valence-electron chi connectivity index (χ4n) is 3.32. The summed E-state index contributed by atoms with van der Waals surface area (Å²) < 4.78 is 18.9. The Balaban J connectivity index is 1.66. The van der Waals surface area contributed by atoms with E-state index in [1.165, 1.54) is 12.1 Å². The number of thiophene rings is 1. The maximum atomic E-state index is 13.6. The molecule has 1 aliphatic heterocycles. The number of carbonyl (C=O) groups excluding carboxylic acids is 2. The van der Waals surface area contributed by atoms with Crippen molar-refractivity contribution in [2.75, 3.05) is 11.9 Å². The molecule has 1 unspecified atom stereocenters. The lowest BCUT2D eigenvalue weighted by atomic mass is 9.89. The second-order valence-corrected chi connectivity index (χ2v) is 7.44. The third-order valence-electron chi connectivity index (χ3n) is 4.59. The minimum absolute atomic E-state index is 0.0809. The summed E-state index contributed by atoms with van der Waals surface area (Å²) in [6, 6.07) is 13.6. The van der Waals surface area contributed by atoms with Crippen molar-refractivity contribution >= 4 is 28.8 Å². The van der Waals surface area contributed by atoms with Crippen LogP contribution in [-0.2, 0) is 9.59 Å². The Morgan fingerprint density at radius 2 is 2.04 bits per heavy atom. The van der Waals surface area contributed by atoms with Gasteiger partial charge in [-0.05, 0) is 35.4 Å². The predicted molar refractivity (Wildman–Crippen MR) is 106 cm³/mol. The zero-order chi connectivity index (χ0) is 19.7. The number of anilines is 1. The van der Waals surface area contributed by atoms with Crippen LogP contribution in [0.3, 0.4) is 0 Å². The number of hydrogen-bond donors (Lipinski definition) is 2. The topological polar surface area (TPSA) is 81.4 Å². The van der Waals surface area contributed by atoms with Crippen LogP contribution in [-0.4, -0.2) is 18.4 Å². The standard InChI is InChI=1S/C21H17FN2O3S/c22-14-3-1-2-13(8-14)17-11-28-21-16(9-19(26)24-20(17)21)12-4-6-15(7-5-12)27-10-18(23)25/h1-8,11,16H,9-10H2,(H2,23,25)(H,24,26). The number of rotatable bonds is 5. The summed E-state index contributed by atoms with van der Waals surface area (Å²) in [5, 5.41) is 4.89. The van der Waals surface area contributed by atoms with Gasteiger partial charge in [0.25, 0.3) is 5.91 Å². The fraction of sp³-hybridized carbons (Fsp3) is 0.143. The Morgan fingerprint density at radius 3 is 2.75 bits per heavy atom. The molecule has 1 aromatic heterocycles. The molecule has 1 atom stereocenters. The number of carbonyl (C=O) groups is 2. The quantitative estimate of drug-likeness (QED) is 0.686. The van der Waals surface area contributed by atoms with Crippen molar-refractivity contribution in [3.05, 3.63) is 70.2 Å². The molecule has 2 amide bonds. The minimum atomic E-state index is -0.541. The molecule has 0 saturated carbocycles. The van der Waals surface area contributed by atoms with Crippen LogP contribution in [0.1, 0.15) is 22.8 Å². The lowest BCUT2D eigenvalue weighted by Gasteiger charge is -2.24. The average Bonchev–Trinajstić information content (AvgIpc) is 3.10. The maximum absolute atomic E-state index is 13.6. The van der Waals surface area contributed by atoms with Crippen LogP contribution in [0, 0.1) is 5.82 Å². The van der Waals surface area contributed by atoms with Gasteiger partial charge in [-0.25, -0.2) is 4.39 Å². The summed E-state index contributed by atoms with van der Waals surface area (Å²) in [6.45, 7) is -0.183. The molecule has 28 heavy (non-hydrogen) atoms. The highest BCUT2D eigenvalue weighted by molar-refractivity contribution is 7.11. The number of ether oxygens (including phenoxy) is 1. The zero-order valence-corrected chi connectivity index (χ0v) is 15.6. The van der Waals surface area contributed by atoms with E-state index in [1.807, 2.05) is 23.6 Å². The fourth-order valence-corrected chi connectivity index (χ4v) is 4.48. The van der Waals surface area contributed by atoms with Gasteiger partial charge in [-0.3, -0.25) is 9.59 Å². The van der Waals surface area contributed by atoms with Crippen LogP contribution in [0.5, 0.6) is 5.75 Å². The molecule has 0 radical (unpaired) electrons. The van der Waals surface area contributed by atoms with E-state index in [0.29, 0.717) is 12.2 Å². The van der Waals surface area contributed by atoms with Crippen LogP contribution in [0.25, 0.3) is 11.1 Å². The number of benzene rings is 2.